The molecule has 0 saturated heterocycles. The van der Waals surface area contributed by atoms with Crippen molar-refractivity contribution in [2.45, 2.75) is 24.7 Å². The fourth-order valence-electron chi connectivity index (χ4n) is 2.79. The first-order valence-corrected chi connectivity index (χ1v) is 5.94. The van der Waals surface area contributed by atoms with Gasteiger partial charge in [-0.2, -0.15) is 0 Å². The molecule has 1 saturated carbocycles. The molecular weight excluding hydrogens is 200 g/mol. The molecule has 3 rings (SSSR count). The number of phenolic OH excluding ortho intramolecular Hbond substituents is 1. The van der Waals surface area contributed by atoms with Crippen molar-refractivity contribution in [2.24, 2.45) is 5.73 Å². The van der Waals surface area contributed by atoms with Gasteiger partial charge in [0, 0.05) is 42.4 Å². The lowest BCUT2D eigenvalue weighted by atomic mass is 9.92. The summed E-state index contributed by atoms with van der Waals surface area (Å²) < 4.78 is 0. The number of fused-ring (bicyclic) bond motifs is 1. The van der Waals surface area contributed by atoms with Crippen LogP contribution in [0.3, 0.4) is 0 Å². The van der Waals surface area contributed by atoms with Crippen molar-refractivity contribution in [3.05, 3.63) is 23.3 Å². The van der Waals surface area contributed by atoms with E-state index in [-0.39, 0.29) is 5.41 Å². The number of nitrogens with zero attached hydrogens (tertiary/aromatic N) is 1. The highest BCUT2D eigenvalue weighted by molar-refractivity contribution is 5.66. The Hall–Kier alpha value is -1.22. The number of phenols is 1. The molecule has 0 atom stereocenters. The molecule has 1 fully saturated rings. The van der Waals surface area contributed by atoms with Gasteiger partial charge in [0.15, 0.2) is 0 Å². The van der Waals surface area contributed by atoms with Crippen LogP contribution in [0.4, 0.5) is 5.69 Å². The van der Waals surface area contributed by atoms with Crippen molar-refractivity contribution in [3.8, 4) is 5.75 Å². The van der Waals surface area contributed by atoms with Gasteiger partial charge in [-0.25, -0.2) is 0 Å². The fourth-order valence-corrected chi connectivity index (χ4v) is 2.79. The number of aromatic hydroxyl groups is 1. The first-order valence-electron chi connectivity index (χ1n) is 5.94. The largest absolute Gasteiger partial charge is 0.507 e. The Balaban J connectivity index is 2.10. The number of rotatable bonds is 2. The van der Waals surface area contributed by atoms with Gasteiger partial charge in [0.1, 0.15) is 5.75 Å². The second-order valence-corrected chi connectivity index (χ2v) is 5.12. The summed E-state index contributed by atoms with van der Waals surface area (Å²) in [5.74, 6) is 0.504. The first-order chi connectivity index (χ1) is 7.68. The van der Waals surface area contributed by atoms with Crippen molar-refractivity contribution in [1.82, 2.24) is 0 Å². The maximum Gasteiger partial charge on any atom is 0.124 e. The van der Waals surface area contributed by atoms with E-state index in [2.05, 4.69) is 24.1 Å². The third kappa shape index (κ3) is 1.18. The average molecular weight is 218 g/mol. The van der Waals surface area contributed by atoms with E-state index < -0.39 is 0 Å². The summed E-state index contributed by atoms with van der Waals surface area (Å²) in [6, 6.07) is 4.20. The van der Waals surface area contributed by atoms with Gasteiger partial charge >= 0.3 is 0 Å². The molecule has 0 amide bonds. The number of hydrogen-bond donors (Lipinski definition) is 2. The van der Waals surface area contributed by atoms with Crippen molar-refractivity contribution >= 4 is 5.69 Å². The van der Waals surface area contributed by atoms with Gasteiger partial charge in [0.25, 0.3) is 0 Å². The molecule has 0 spiro atoms. The molecule has 16 heavy (non-hydrogen) atoms. The molecule has 0 bridgehead atoms. The number of hydrogen-bond acceptors (Lipinski definition) is 3. The van der Waals surface area contributed by atoms with E-state index in [0.717, 1.165) is 36.9 Å². The van der Waals surface area contributed by atoms with E-state index in [1.165, 1.54) is 5.69 Å². The highest BCUT2D eigenvalue weighted by Crippen LogP contribution is 2.52. The Morgan fingerprint density at radius 3 is 2.81 bits per heavy atom. The zero-order chi connectivity index (χ0) is 11.3. The summed E-state index contributed by atoms with van der Waals surface area (Å²) in [5, 5.41) is 10.4. The second-order valence-electron chi connectivity index (χ2n) is 5.12. The van der Waals surface area contributed by atoms with Crippen LogP contribution in [0.15, 0.2) is 12.1 Å². The Morgan fingerprint density at radius 1 is 1.44 bits per heavy atom. The van der Waals surface area contributed by atoms with Crippen molar-refractivity contribution in [1.29, 1.82) is 0 Å². The number of nitrogens with two attached hydrogens (primary N) is 1. The molecule has 0 radical (unpaired) electrons. The molecule has 2 aliphatic rings. The molecule has 3 N–H and O–H groups in total. The Labute approximate surface area is 95.9 Å². The molecule has 3 nitrogen and oxygen atoms in total. The Bertz CT molecular complexity index is 438. The van der Waals surface area contributed by atoms with Gasteiger partial charge in [-0.1, -0.05) is 6.07 Å². The van der Waals surface area contributed by atoms with Crippen LogP contribution in [-0.2, 0) is 11.8 Å². The third-order valence-corrected chi connectivity index (χ3v) is 4.18. The van der Waals surface area contributed by atoms with Gasteiger partial charge in [0.05, 0.1) is 0 Å². The standard InChI is InChI=1S/C13H18N2O/c1-15-7-4-9-11(15)3-2-10(12(9)16)13(8-14)5-6-13/h2-3,16H,4-8,14H2,1H3. The number of likely N-dealkylation sites (N-methyl/N-ethyl adjacent to an activating group) is 1. The highest BCUT2D eigenvalue weighted by Gasteiger charge is 2.45. The van der Waals surface area contributed by atoms with Crippen LogP contribution in [0.25, 0.3) is 0 Å². The molecule has 3 heteroatoms. The van der Waals surface area contributed by atoms with Crippen LogP contribution < -0.4 is 10.6 Å². The van der Waals surface area contributed by atoms with Gasteiger partial charge in [-0.15, -0.1) is 0 Å². The molecular formula is C13H18N2O. The zero-order valence-corrected chi connectivity index (χ0v) is 9.66. The highest BCUT2D eigenvalue weighted by atomic mass is 16.3. The fraction of sp³-hybridized carbons (Fsp3) is 0.538. The van der Waals surface area contributed by atoms with Crippen molar-refractivity contribution < 1.29 is 5.11 Å². The molecule has 0 aromatic heterocycles. The van der Waals surface area contributed by atoms with Crippen LogP contribution >= 0.6 is 0 Å². The van der Waals surface area contributed by atoms with Crippen molar-refractivity contribution in [3.63, 3.8) is 0 Å². The third-order valence-electron chi connectivity index (χ3n) is 4.18. The predicted molar refractivity (Wildman–Crippen MR) is 65.0 cm³/mol. The van der Waals surface area contributed by atoms with E-state index in [1.54, 1.807) is 0 Å². The minimum absolute atomic E-state index is 0.0836. The summed E-state index contributed by atoms with van der Waals surface area (Å²) in [5.41, 5.74) is 9.26. The maximum absolute atomic E-state index is 10.4. The van der Waals surface area contributed by atoms with Gasteiger partial charge in [0.2, 0.25) is 0 Å². The van der Waals surface area contributed by atoms with Gasteiger partial charge in [-0.3, -0.25) is 0 Å². The SMILES string of the molecule is CN1CCc2c1ccc(C1(CN)CC1)c2O. The monoisotopic (exact) mass is 218 g/mol. The lowest BCUT2D eigenvalue weighted by Crippen LogP contribution is -2.20. The van der Waals surface area contributed by atoms with Crippen LogP contribution in [0.5, 0.6) is 5.75 Å². The molecule has 86 valence electrons. The predicted octanol–water partition coefficient (Wildman–Crippen LogP) is 1.37. The summed E-state index contributed by atoms with van der Waals surface area (Å²) in [4.78, 5) is 2.20. The summed E-state index contributed by atoms with van der Waals surface area (Å²) >= 11 is 0. The average Bonchev–Trinajstić information content (AvgIpc) is 2.99. The van der Waals surface area contributed by atoms with Crippen molar-refractivity contribution in [2.75, 3.05) is 25.0 Å². The topological polar surface area (TPSA) is 49.5 Å². The Morgan fingerprint density at radius 2 is 2.19 bits per heavy atom. The Kier molecular flexibility index (Phi) is 1.96. The molecule has 1 aromatic rings. The molecule has 1 aliphatic heterocycles. The normalized spacial score (nSPS) is 21.0. The summed E-state index contributed by atoms with van der Waals surface area (Å²) in [6.45, 7) is 1.65. The van der Waals surface area contributed by atoms with E-state index >= 15 is 0 Å². The summed E-state index contributed by atoms with van der Waals surface area (Å²) in [7, 11) is 2.07. The van der Waals surface area contributed by atoms with E-state index in [0.29, 0.717) is 12.3 Å². The van der Waals surface area contributed by atoms with Crippen LogP contribution in [-0.4, -0.2) is 25.2 Å². The zero-order valence-electron chi connectivity index (χ0n) is 9.66. The van der Waals surface area contributed by atoms with Gasteiger partial charge in [-0.05, 0) is 25.3 Å². The minimum atomic E-state index is 0.0836. The van der Waals surface area contributed by atoms with E-state index in [4.69, 9.17) is 5.73 Å². The van der Waals surface area contributed by atoms with E-state index in [9.17, 15) is 5.11 Å². The molecule has 1 heterocycles. The molecule has 0 unspecified atom stereocenters. The maximum atomic E-state index is 10.4. The smallest absolute Gasteiger partial charge is 0.124 e. The van der Waals surface area contributed by atoms with Crippen LogP contribution in [0.2, 0.25) is 0 Å². The lowest BCUT2D eigenvalue weighted by Gasteiger charge is -2.18. The molecule has 1 aliphatic carbocycles. The number of anilines is 1. The quantitative estimate of drug-likeness (QED) is 0.788. The van der Waals surface area contributed by atoms with Gasteiger partial charge < -0.3 is 15.7 Å². The second kappa shape index (κ2) is 3.14. The first kappa shape index (κ1) is 9.97. The summed E-state index contributed by atoms with van der Waals surface area (Å²) in [6.07, 6.45) is 3.18. The van der Waals surface area contributed by atoms with Crippen LogP contribution in [0, 0.1) is 0 Å². The number of benzene rings is 1. The van der Waals surface area contributed by atoms with E-state index in [1.807, 2.05) is 0 Å². The molecule has 1 aromatic carbocycles. The van der Waals surface area contributed by atoms with Crippen LogP contribution in [0.1, 0.15) is 24.0 Å². The minimum Gasteiger partial charge on any atom is -0.507 e. The lowest BCUT2D eigenvalue weighted by molar-refractivity contribution is 0.454.